The highest BCUT2D eigenvalue weighted by molar-refractivity contribution is 7.92. The fourth-order valence-electron chi connectivity index (χ4n) is 3.90. The van der Waals surface area contributed by atoms with Crippen molar-refractivity contribution in [3.8, 4) is 17.0 Å². The summed E-state index contributed by atoms with van der Waals surface area (Å²) in [6, 6.07) is 5.00. The van der Waals surface area contributed by atoms with Crippen molar-refractivity contribution in [2.45, 2.75) is 62.4 Å². The van der Waals surface area contributed by atoms with E-state index in [9.17, 15) is 18.6 Å². The van der Waals surface area contributed by atoms with Gasteiger partial charge in [0.25, 0.3) is 0 Å². The quantitative estimate of drug-likeness (QED) is 0.575. The van der Waals surface area contributed by atoms with Gasteiger partial charge in [0.15, 0.2) is 9.84 Å². The zero-order valence-electron chi connectivity index (χ0n) is 18.4. The van der Waals surface area contributed by atoms with Crippen molar-refractivity contribution in [1.29, 1.82) is 0 Å². The summed E-state index contributed by atoms with van der Waals surface area (Å²) in [6.45, 7) is 8.42. The van der Waals surface area contributed by atoms with Crippen molar-refractivity contribution in [3.63, 3.8) is 0 Å². The molecule has 0 radical (unpaired) electrons. The molecule has 1 aromatic carbocycles. The Morgan fingerprint density at radius 2 is 1.90 bits per heavy atom. The number of aliphatic hydroxyl groups is 2. The van der Waals surface area contributed by atoms with Crippen molar-refractivity contribution < 1.29 is 23.4 Å². The summed E-state index contributed by atoms with van der Waals surface area (Å²) < 4.78 is 33.8. The molecule has 0 aliphatic heterocycles. The van der Waals surface area contributed by atoms with E-state index in [0.717, 1.165) is 0 Å². The van der Waals surface area contributed by atoms with Gasteiger partial charge in [0.1, 0.15) is 21.3 Å². The van der Waals surface area contributed by atoms with Crippen LogP contribution in [-0.2, 0) is 15.4 Å². The summed E-state index contributed by atoms with van der Waals surface area (Å²) in [5.41, 5.74) is -0.169. The van der Waals surface area contributed by atoms with Crippen molar-refractivity contribution in [1.82, 2.24) is 14.6 Å². The minimum atomic E-state index is -3.71. The molecule has 2 N–H and O–H groups in total. The fourth-order valence-corrected chi connectivity index (χ4v) is 7.12. The zero-order valence-corrected chi connectivity index (χ0v) is 20.0. The maximum atomic E-state index is 13.4. The predicted molar refractivity (Wildman–Crippen MR) is 118 cm³/mol. The molecule has 2 heterocycles. The number of imidazole rings is 1. The van der Waals surface area contributed by atoms with Gasteiger partial charge in [-0.25, -0.2) is 17.9 Å². The van der Waals surface area contributed by atoms with Crippen molar-refractivity contribution >= 4 is 26.1 Å². The van der Waals surface area contributed by atoms with E-state index in [4.69, 9.17) is 4.74 Å². The molecule has 0 saturated heterocycles. The minimum absolute atomic E-state index is 0.0940. The van der Waals surface area contributed by atoms with Gasteiger partial charge in [-0.3, -0.25) is 0 Å². The molecule has 2 atom stereocenters. The highest BCUT2D eigenvalue weighted by Gasteiger charge is 2.55. The van der Waals surface area contributed by atoms with E-state index in [0.29, 0.717) is 33.3 Å². The van der Waals surface area contributed by atoms with Gasteiger partial charge in [0.2, 0.25) is 4.96 Å². The van der Waals surface area contributed by atoms with Gasteiger partial charge in [-0.05, 0) is 59.2 Å². The molecule has 0 spiro atoms. The Kier molecular flexibility index (Phi) is 5.01. The number of benzene rings is 1. The van der Waals surface area contributed by atoms with Gasteiger partial charge in [-0.1, -0.05) is 11.3 Å². The molecule has 0 bridgehead atoms. The lowest BCUT2D eigenvalue weighted by Gasteiger charge is -2.17. The molecule has 10 heteroatoms. The summed E-state index contributed by atoms with van der Waals surface area (Å²) in [7, 11) is -2.27. The molecule has 2 aromatic heterocycles. The number of hydrogen-bond donors (Lipinski definition) is 2. The first-order valence-electron chi connectivity index (χ1n) is 9.99. The Morgan fingerprint density at radius 3 is 2.45 bits per heavy atom. The molecule has 1 aliphatic rings. The summed E-state index contributed by atoms with van der Waals surface area (Å²) in [6.07, 6.45) is 0.413. The maximum Gasteiger partial charge on any atom is 0.213 e. The second kappa shape index (κ2) is 6.99. The Morgan fingerprint density at radius 1 is 1.23 bits per heavy atom. The van der Waals surface area contributed by atoms with Crippen LogP contribution >= 0.6 is 11.3 Å². The Bertz CT molecular complexity index is 1260. The molecule has 0 unspecified atom stereocenters. The van der Waals surface area contributed by atoms with Gasteiger partial charge in [-0.15, -0.1) is 0 Å². The summed E-state index contributed by atoms with van der Waals surface area (Å²) >= 11 is 1.29. The number of nitrogens with zero attached hydrogens (tertiary/aromatic N) is 3. The van der Waals surface area contributed by atoms with Gasteiger partial charge in [0, 0.05) is 11.5 Å². The zero-order chi connectivity index (χ0) is 22.9. The molecule has 1 saturated carbocycles. The lowest BCUT2D eigenvalue weighted by molar-refractivity contribution is 0.0571. The van der Waals surface area contributed by atoms with E-state index < -0.39 is 26.3 Å². The molecular formula is C21H27N3O5S2. The average Bonchev–Trinajstić information content (AvgIpc) is 3.30. The third-order valence-corrected chi connectivity index (χ3v) is 9.15. The molecule has 0 amide bonds. The summed E-state index contributed by atoms with van der Waals surface area (Å²) in [5, 5.41) is 24.9. The van der Waals surface area contributed by atoms with Crippen LogP contribution in [0.3, 0.4) is 0 Å². The molecule has 1 fully saturated rings. The average molecular weight is 466 g/mol. The number of aryl methyl sites for hydroxylation is 1. The van der Waals surface area contributed by atoms with Crippen LogP contribution in [-0.4, -0.2) is 51.2 Å². The second-order valence-electron chi connectivity index (χ2n) is 9.15. The van der Waals surface area contributed by atoms with Crippen LogP contribution < -0.4 is 4.74 Å². The Labute approximate surface area is 185 Å². The second-order valence-corrected chi connectivity index (χ2v) is 12.2. The number of rotatable bonds is 6. The monoisotopic (exact) mass is 465 g/mol. The van der Waals surface area contributed by atoms with Crippen LogP contribution in [0.1, 0.15) is 44.8 Å². The third-order valence-electron chi connectivity index (χ3n) is 5.68. The van der Waals surface area contributed by atoms with E-state index in [2.05, 4.69) is 10.1 Å². The van der Waals surface area contributed by atoms with Crippen LogP contribution in [0.5, 0.6) is 5.75 Å². The van der Waals surface area contributed by atoms with Gasteiger partial charge >= 0.3 is 0 Å². The molecular weight excluding hydrogens is 438 g/mol. The van der Waals surface area contributed by atoms with Crippen LogP contribution in [0.4, 0.5) is 0 Å². The first-order valence-corrected chi connectivity index (χ1v) is 12.3. The molecule has 1 aliphatic carbocycles. The molecule has 4 rings (SSSR count). The molecule has 3 aromatic rings. The van der Waals surface area contributed by atoms with Crippen LogP contribution in [0.15, 0.2) is 23.1 Å². The number of methoxy groups -OCH3 is 1. The van der Waals surface area contributed by atoms with E-state index >= 15 is 0 Å². The van der Waals surface area contributed by atoms with Gasteiger partial charge < -0.3 is 14.9 Å². The van der Waals surface area contributed by atoms with E-state index in [1.54, 1.807) is 50.4 Å². The summed E-state index contributed by atoms with van der Waals surface area (Å²) in [4.78, 5) is 5.26. The van der Waals surface area contributed by atoms with Gasteiger partial charge in [0.05, 0.1) is 29.3 Å². The minimum Gasteiger partial charge on any atom is -0.495 e. The van der Waals surface area contributed by atoms with Crippen LogP contribution in [0, 0.1) is 12.8 Å². The Hall–Kier alpha value is -2.01. The normalized spacial score (nSPS) is 19.7. The first kappa shape index (κ1) is 22.2. The topological polar surface area (TPSA) is 114 Å². The Balaban J connectivity index is 1.84. The number of fused-ring (bicyclic) bond motifs is 1. The standard InChI is InChI=1S/C21H27N3O5S2/c1-11-17(24-19(22-11)30-18(23-24)21(4,5)26)12-7-8-14(29-6)16(9-12)31(27,28)15-10-13(15)20(2,3)25/h7-9,13,15,25-26H,10H2,1-6H3/t13-,15-/m0/s1. The lowest BCUT2D eigenvalue weighted by atomic mass is 10.0. The van der Waals surface area contributed by atoms with Gasteiger partial charge in [-0.2, -0.15) is 5.10 Å². The van der Waals surface area contributed by atoms with E-state index in [1.807, 2.05) is 6.92 Å². The van der Waals surface area contributed by atoms with Crippen molar-refractivity contribution in [2.24, 2.45) is 5.92 Å². The summed E-state index contributed by atoms with van der Waals surface area (Å²) in [5.74, 6) is -0.0545. The van der Waals surface area contributed by atoms with E-state index in [1.165, 1.54) is 18.4 Å². The molecule has 31 heavy (non-hydrogen) atoms. The van der Waals surface area contributed by atoms with E-state index in [-0.39, 0.29) is 16.6 Å². The number of hydrogen-bond acceptors (Lipinski definition) is 8. The van der Waals surface area contributed by atoms with Crippen LogP contribution in [0.2, 0.25) is 0 Å². The number of sulfone groups is 1. The first-order chi connectivity index (χ1) is 14.2. The third kappa shape index (κ3) is 3.75. The smallest absolute Gasteiger partial charge is 0.213 e. The van der Waals surface area contributed by atoms with Crippen molar-refractivity contribution in [2.75, 3.05) is 7.11 Å². The lowest BCUT2D eigenvalue weighted by Crippen LogP contribution is -2.26. The van der Waals surface area contributed by atoms with Crippen LogP contribution in [0.25, 0.3) is 16.2 Å². The predicted octanol–water partition coefficient (Wildman–Crippen LogP) is 2.94. The number of aromatic nitrogens is 3. The largest absolute Gasteiger partial charge is 0.495 e. The molecule has 8 nitrogen and oxygen atoms in total. The highest BCUT2D eigenvalue weighted by atomic mass is 32.2. The molecule has 168 valence electrons. The fraction of sp³-hybridized carbons (Fsp3) is 0.524. The SMILES string of the molecule is COc1ccc(-c2c(C)nc3sc(C(C)(C)O)nn23)cc1S(=O)(=O)[C@H]1C[C@@H]1C(C)(C)O. The van der Waals surface area contributed by atoms with Crippen molar-refractivity contribution in [3.05, 3.63) is 28.9 Å². The number of ether oxygens (including phenoxy) is 1. The maximum absolute atomic E-state index is 13.4. The highest BCUT2D eigenvalue weighted by Crippen LogP contribution is 2.49.